The first-order valence-electron chi connectivity index (χ1n) is 5.30. The molecular weight excluding hydrogens is 289 g/mol. The lowest BCUT2D eigenvalue weighted by Gasteiger charge is -2.09. The van der Waals surface area contributed by atoms with E-state index in [9.17, 15) is 0 Å². The van der Waals surface area contributed by atoms with Crippen molar-refractivity contribution in [2.45, 2.75) is 18.3 Å². The van der Waals surface area contributed by atoms with Crippen LogP contribution in [0.2, 0.25) is 0 Å². The van der Waals surface area contributed by atoms with Crippen molar-refractivity contribution < 1.29 is 4.74 Å². The molecule has 0 amide bonds. The quantitative estimate of drug-likeness (QED) is 0.617. The standard InChI is InChI=1S/C12H17BrClNO/c1-16-9-12(14)6-7-15-8-10-2-4-11(13)5-3-10/h2-5,12,15H,6-9H2,1H3. The summed E-state index contributed by atoms with van der Waals surface area (Å²) in [4.78, 5) is 0. The summed E-state index contributed by atoms with van der Waals surface area (Å²) in [7, 11) is 1.67. The number of halogens is 2. The van der Waals surface area contributed by atoms with Crippen LogP contribution < -0.4 is 5.32 Å². The van der Waals surface area contributed by atoms with Crippen molar-refractivity contribution >= 4 is 27.5 Å². The molecule has 0 radical (unpaired) electrons. The van der Waals surface area contributed by atoms with Gasteiger partial charge in [-0.25, -0.2) is 0 Å². The minimum atomic E-state index is 0.0995. The van der Waals surface area contributed by atoms with Crippen molar-refractivity contribution in [3.05, 3.63) is 34.3 Å². The van der Waals surface area contributed by atoms with Gasteiger partial charge >= 0.3 is 0 Å². The van der Waals surface area contributed by atoms with E-state index in [0.717, 1.165) is 24.0 Å². The molecule has 0 bridgehead atoms. The van der Waals surface area contributed by atoms with Crippen LogP contribution in [-0.4, -0.2) is 25.6 Å². The van der Waals surface area contributed by atoms with Crippen molar-refractivity contribution in [2.75, 3.05) is 20.3 Å². The van der Waals surface area contributed by atoms with Gasteiger partial charge in [-0.2, -0.15) is 0 Å². The summed E-state index contributed by atoms with van der Waals surface area (Å²) in [5.41, 5.74) is 1.28. The van der Waals surface area contributed by atoms with Crippen molar-refractivity contribution in [1.29, 1.82) is 0 Å². The molecule has 1 aromatic rings. The van der Waals surface area contributed by atoms with Gasteiger partial charge in [-0.3, -0.25) is 0 Å². The highest BCUT2D eigenvalue weighted by molar-refractivity contribution is 9.10. The third-order valence-electron chi connectivity index (χ3n) is 2.22. The van der Waals surface area contributed by atoms with Gasteiger partial charge in [0.25, 0.3) is 0 Å². The molecule has 90 valence electrons. The molecule has 1 N–H and O–H groups in total. The topological polar surface area (TPSA) is 21.3 Å². The Morgan fingerprint density at radius 2 is 2.06 bits per heavy atom. The summed E-state index contributed by atoms with van der Waals surface area (Å²) in [6.45, 7) is 2.40. The van der Waals surface area contributed by atoms with Gasteiger partial charge in [-0.05, 0) is 30.7 Å². The summed E-state index contributed by atoms with van der Waals surface area (Å²) in [5.74, 6) is 0. The predicted molar refractivity (Wildman–Crippen MR) is 72.0 cm³/mol. The van der Waals surface area contributed by atoms with Crippen molar-refractivity contribution in [1.82, 2.24) is 5.32 Å². The fraction of sp³-hybridized carbons (Fsp3) is 0.500. The molecule has 0 aliphatic rings. The Kier molecular flexibility index (Phi) is 7.05. The van der Waals surface area contributed by atoms with Gasteiger partial charge in [0, 0.05) is 18.1 Å². The molecule has 0 aliphatic carbocycles. The minimum Gasteiger partial charge on any atom is -0.383 e. The number of hydrogen-bond acceptors (Lipinski definition) is 2. The molecule has 0 saturated heterocycles. The summed E-state index contributed by atoms with van der Waals surface area (Å²) >= 11 is 9.42. The normalized spacial score (nSPS) is 12.7. The van der Waals surface area contributed by atoms with Crippen LogP contribution in [0.15, 0.2) is 28.7 Å². The smallest absolute Gasteiger partial charge is 0.0626 e. The molecule has 0 aromatic heterocycles. The highest BCUT2D eigenvalue weighted by Crippen LogP contribution is 2.10. The first-order chi connectivity index (χ1) is 7.72. The van der Waals surface area contributed by atoms with Crippen molar-refractivity contribution in [3.63, 3.8) is 0 Å². The van der Waals surface area contributed by atoms with Gasteiger partial charge in [-0.15, -0.1) is 11.6 Å². The molecule has 0 heterocycles. The van der Waals surface area contributed by atoms with Gasteiger partial charge in [0.15, 0.2) is 0 Å². The van der Waals surface area contributed by atoms with E-state index in [4.69, 9.17) is 16.3 Å². The van der Waals surface area contributed by atoms with Crippen LogP contribution in [0.4, 0.5) is 0 Å². The second kappa shape index (κ2) is 8.07. The molecule has 4 heteroatoms. The van der Waals surface area contributed by atoms with Crippen LogP contribution in [0.1, 0.15) is 12.0 Å². The first kappa shape index (κ1) is 14.0. The molecule has 0 aliphatic heterocycles. The van der Waals surface area contributed by atoms with Crippen LogP contribution >= 0.6 is 27.5 Å². The maximum atomic E-state index is 6.01. The monoisotopic (exact) mass is 305 g/mol. The predicted octanol–water partition coefficient (Wildman–Crippen LogP) is 3.18. The number of methoxy groups -OCH3 is 1. The Bertz CT molecular complexity index is 292. The van der Waals surface area contributed by atoms with Crippen LogP contribution in [-0.2, 0) is 11.3 Å². The highest BCUT2D eigenvalue weighted by Gasteiger charge is 2.02. The SMILES string of the molecule is COCC(Cl)CCNCc1ccc(Br)cc1. The molecule has 2 nitrogen and oxygen atoms in total. The second-order valence-electron chi connectivity index (χ2n) is 3.64. The zero-order chi connectivity index (χ0) is 11.8. The zero-order valence-electron chi connectivity index (χ0n) is 9.38. The number of hydrogen-bond donors (Lipinski definition) is 1. The number of rotatable bonds is 7. The van der Waals surface area contributed by atoms with Crippen molar-refractivity contribution in [2.24, 2.45) is 0 Å². The Morgan fingerprint density at radius 3 is 2.69 bits per heavy atom. The second-order valence-corrected chi connectivity index (χ2v) is 5.18. The van der Waals surface area contributed by atoms with E-state index in [2.05, 4.69) is 33.4 Å². The Balaban J connectivity index is 2.13. The number of ether oxygens (including phenoxy) is 1. The molecule has 1 aromatic carbocycles. The van der Waals surface area contributed by atoms with Gasteiger partial charge in [0.2, 0.25) is 0 Å². The van der Waals surface area contributed by atoms with Crippen LogP contribution in [0, 0.1) is 0 Å². The van der Waals surface area contributed by atoms with Crippen LogP contribution in [0.25, 0.3) is 0 Å². The Labute approximate surface area is 110 Å². The number of alkyl halides is 1. The Hall–Kier alpha value is -0.0900. The summed E-state index contributed by atoms with van der Waals surface area (Å²) in [6, 6.07) is 8.30. The first-order valence-corrected chi connectivity index (χ1v) is 6.53. The lowest BCUT2D eigenvalue weighted by Crippen LogP contribution is -2.20. The van der Waals surface area contributed by atoms with Gasteiger partial charge in [0.1, 0.15) is 0 Å². The highest BCUT2D eigenvalue weighted by atomic mass is 79.9. The van der Waals surface area contributed by atoms with Crippen LogP contribution in [0.3, 0.4) is 0 Å². The van der Waals surface area contributed by atoms with Crippen molar-refractivity contribution in [3.8, 4) is 0 Å². The zero-order valence-corrected chi connectivity index (χ0v) is 11.7. The maximum Gasteiger partial charge on any atom is 0.0626 e. The van der Waals surface area contributed by atoms with E-state index in [1.165, 1.54) is 5.56 Å². The van der Waals surface area contributed by atoms with Gasteiger partial charge in [-0.1, -0.05) is 28.1 Å². The van der Waals surface area contributed by atoms with E-state index in [1.54, 1.807) is 7.11 Å². The fourth-order valence-corrected chi connectivity index (χ4v) is 1.86. The van der Waals surface area contributed by atoms with Crippen LogP contribution in [0.5, 0.6) is 0 Å². The number of benzene rings is 1. The summed E-state index contributed by atoms with van der Waals surface area (Å²) in [6.07, 6.45) is 0.923. The molecule has 0 fully saturated rings. The minimum absolute atomic E-state index is 0.0995. The largest absolute Gasteiger partial charge is 0.383 e. The van der Waals surface area contributed by atoms with E-state index in [1.807, 2.05) is 12.1 Å². The molecule has 1 atom stereocenters. The van der Waals surface area contributed by atoms with E-state index >= 15 is 0 Å². The molecular formula is C12H17BrClNO. The lowest BCUT2D eigenvalue weighted by molar-refractivity contribution is 0.195. The number of nitrogens with one attached hydrogen (secondary N) is 1. The van der Waals surface area contributed by atoms with Gasteiger partial charge in [0.05, 0.1) is 12.0 Å². The third kappa shape index (κ3) is 5.85. The molecule has 16 heavy (non-hydrogen) atoms. The molecule has 0 spiro atoms. The maximum absolute atomic E-state index is 6.01. The fourth-order valence-electron chi connectivity index (χ4n) is 1.36. The third-order valence-corrected chi connectivity index (χ3v) is 3.10. The lowest BCUT2D eigenvalue weighted by atomic mass is 10.2. The Morgan fingerprint density at radius 1 is 1.38 bits per heavy atom. The molecule has 0 saturated carbocycles. The van der Waals surface area contributed by atoms with Gasteiger partial charge < -0.3 is 10.1 Å². The van der Waals surface area contributed by atoms with E-state index < -0.39 is 0 Å². The summed E-state index contributed by atoms with van der Waals surface area (Å²) < 4.78 is 6.08. The summed E-state index contributed by atoms with van der Waals surface area (Å²) in [5, 5.41) is 3.45. The molecule has 1 rings (SSSR count). The van der Waals surface area contributed by atoms with E-state index in [0.29, 0.717) is 6.61 Å². The average Bonchev–Trinajstić information content (AvgIpc) is 2.27. The van der Waals surface area contributed by atoms with E-state index in [-0.39, 0.29) is 5.38 Å². The average molecular weight is 307 g/mol. The molecule has 1 unspecified atom stereocenters.